The molecule has 0 amide bonds. The molecule has 10 rings (SSSR count). The van der Waals surface area contributed by atoms with E-state index >= 15 is 0 Å². The maximum atomic E-state index is 6.59. The van der Waals surface area contributed by atoms with Crippen LogP contribution in [0.5, 0.6) is 0 Å². The molecule has 0 radical (unpaired) electrons. The quantitative estimate of drug-likeness (QED) is 0.117. The zero-order valence-corrected chi connectivity index (χ0v) is 31.8. The molecular formula is C54H42O3. The number of fused-ring (bicyclic) bond motifs is 6. The first-order valence-electron chi connectivity index (χ1n) is 19.8. The lowest BCUT2D eigenvalue weighted by atomic mass is 9.97. The Hall–Kier alpha value is -6.36. The van der Waals surface area contributed by atoms with E-state index in [1.54, 1.807) is 0 Å². The molecule has 0 aliphatic rings. The summed E-state index contributed by atoms with van der Waals surface area (Å²) in [5.74, 6) is 0. The number of hydrogen-bond acceptors (Lipinski definition) is 3. The Kier molecular flexibility index (Phi) is 9.63. The Labute approximate surface area is 332 Å². The van der Waals surface area contributed by atoms with Gasteiger partial charge in [0.25, 0.3) is 0 Å². The van der Waals surface area contributed by atoms with Gasteiger partial charge in [-0.25, -0.2) is 0 Å². The molecule has 10 aromatic carbocycles. The molecule has 0 heterocycles. The normalized spacial score (nSPS) is 11.8. The van der Waals surface area contributed by atoms with Crippen molar-refractivity contribution in [3.05, 3.63) is 215 Å². The highest BCUT2D eigenvalue weighted by Crippen LogP contribution is 2.32. The van der Waals surface area contributed by atoms with Crippen molar-refractivity contribution in [2.45, 2.75) is 39.6 Å². The standard InChI is InChI=1S/C54H42O3/c1-7-19-46-40(13-1)28-41-14-2-8-20-47(41)52(46)34-55-31-37-25-38(32-56-35-53-48-21-9-3-15-42(48)29-43-16-4-10-22-49(43)53)27-39(26-37)33-57-36-54-50-23-11-5-17-44(50)30-45-18-6-12-24-51(45)54/h1-30H,31-36H2. The van der Waals surface area contributed by atoms with Crippen molar-refractivity contribution in [3.8, 4) is 0 Å². The van der Waals surface area contributed by atoms with Crippen LogP contribution < -0.4 is 0 Å². The van der Waals surface area contributed by atoms with Crippen LogP contribution in [0.3, 0.4) is 0 Å². The summed E-state index contributed by atoms with van der Waals surface area (Å²) in [5, 5.41) is 14.8. The summed E-state index contributed by atoms with van der Waals surface area (Å²) >= 11 is 0. The average Bonchev–Trinajstić information content (AvgIpc) is 3.25. The van der Waals surface area contributed by atoms with Gasteiger partial charge >= 0.3 is 0 Å². The van der Waals surface area contributed by atoms with E-state index in [-0.39, 0.29) is 0 Å². The summed E-state index contributed by atoms with van der Waals surface area (Å²) in [7, 11) is 0. The van der Waals surface area contributed by atoms with Gasteiger partial charge in [-0.2, -0.15) is 0 Å². The van der Waals surface area contributed by atoms with Crippen LogP contribution in [-0.4, -0.2) is 0 Å². The molecule has 0 N–H and O–H groups in total. The molecule has 0 spiro atoms. The van der Waals surface area contributed by atoms with E-state index in [9.17, 15) is 0 Å². The Morgan fingerprint density at radius 3 is 0.667 bits per heavy atom. The van der Waals surface area contributed by atoms with Gasteiger partial charge in [0.2, 0.25) is 0 Å². The minimum atomic E-state index is 0.473. The van der Waals surface area contributed by atoms with Gasteiger partial charge in [0, 0.05) is 0 Å². The molecular weight excluding hydrogens is 697 g/mol. The summed E-state index contributed by atoms with van der Waals surface area (Å²) in [4.78, 5) is 0. The van der Waals surface area contributed by atoms with Gasteiger partial charge in [-0.3, -0.25) is 0 Å². The Morgan fingerprint density at radius 2 is 0.439 bits per heavy atom. The summed E-state index contributed by atoms with van der Waals surface area (Å²) in [6.07, 6.45) is 0. The van der Waals surface area contributed by atoms with Crippen LogP contribution in [0.25, 0.3) is 64.6 Å². The molecule has 10 aromatic rings. The van der Waals surface area contributed by atoms with Crippen LogP contribution in [0.4, 0.5) is 0 Å². The topological polar surface area (TPSA) is 27.7 Å². The molecule has 57 heavy (non-hydrogen) atoms. The fourth-order valence-corrected chi connectivity index (χ4v) is 8.69. The molecule has 0 unspecified atom stereocenters. The van der Waals surface area contributed by atoms with Crippen molar-refractivity contribution in [2.24, 2.45) is 0 Å². The van der Waals surface area contributed by atoms with Gasteiger partial charge in [0.05, 0.1) is 39.6 Å². The van der Waals surface area contributed by atoms with E-state index in [0.29, 0.717) is 39.6 Å². The van der Waals surface area contributed by atoms with E-state index in [1.165, 1.54) is 81.3 Å². The molecule has 0 saturated heterocycles. The monoisotopic (exact) mass is 738 g/mol. The van der Waals surface area contributed by atoms with Crippen molar-refractivity contribution in [3.63, 3.8) is 0 Å². The Balaban J connectivity index is 0.930. The van der Waals surface area contributed by atoms with Crippen molar-refractivity contribution in [2.75, 3.05) is 0 Å². The second-order valence-corrected chi connectivity index (χ2v) is 15.0. The minimum absolute atomic E-state index is 0.473. The lowest BCUT2D eigenvalue weighted by molar-refractivity contribution is 0.101. The molecule has 0 aromatic heterocycles. The SMILES string of the molecule is c1ccc2c(COCc3cc(COCc4c5ccccc5cc5ccccc45)cc(COCc4c5ccccc5cc5ccccc45)c3)c3ccccc3cc2c1. The smallest absolute Gasteiger partial charge is 0.0733 e. The van der Waals surface area contributed by atoms with Crippen LogP contribution in [0.1, 0.15) is 33.4 Å². The highest BCUT2D eigenvalue weighted by molar-refractivity contribution is 6.04. The molecule has 0 atom stereocenters. The van der Waals surface area contributed by atoms with Gasteiger partial charge in [-0.1, -0.05) is 164 Å². The molecule has 0 fully saturated rings. The minimum Gasteiger partial charge on any atom is -0.372 e. The fourth-order valence-electron chi connectivity index (χ4n) is 8.69. The summed E-state index contributed by atoms with van der Waals surface area (Å²) in [6.45, 7) is 2.95. The number of ether oxygens (including phenoxy) is 3. The van der Waals surface area contributed by atoms with E-state index in [4.69, 9.17) is 14.2 Å². The first kappa shape index (κ1) is 35.1. The van der Waals surface area contributed by atoms with Crippen molar-refractivity contribution in [1.29, 1.82) is 0 Å². The van der Waals surface area contributed by atoms with Gasteiger partial charge < -0.3 is 14.2 Å². The van der Waals surface area contributed by atoms with Gasteiger partial charge in [0.1, 0.15) is 0 Å². The van der Waals surface area contributed by atoms with Crippen LogP contribution in [0.2, 0.25) is 0 Å². The first-order valence-corrected chi connectivity index (χ1v) is 19.8. The molecule has 0 saturated carbocycles. The zero-order valence-electron chi connectivity index (χ0n) is 31.8. The van der Waals surface area contributed by atoms with Gasteiger partial charge in [-0.15, -0.1) is 0 Å². The second kappa shape index (κ2) is 15.6. The van der Waals surface area contributed by atoms with E-state index < -0.39 is 0 Å². The van der Waals surface area contributed by atoms with Crippen LogP contribution in [0.15, 0.2) is 182 Å². The van der Waals surface area contributed by atoms with Crippen molar-refractivity contribution in [1.82, 2.24) is 0 Å². The first-order chi connectivity index (χ1) is 28.2. The predicted octanol–water partition coefficient (Wildman–Crippen LogP) is 13.8. The highest BCUT2D eigenvalue weighted by Gasteiger charge is 2.12. The molecule has 0 aliphatic heterocycles. The van der Waals surface area contributed by atoms with Crippen molar-refractivity contribution >= 4 is 64.6 Å². The van der Waals surface area contributed by atoms with Crippen LogP contribution >= 0.6 is 0 Å². The summed E-state index contributed by atoms with van der Waals surface area (Å²) in [6, 6.07) is 65.1. The lowest BCUT2D eigenvalue weighted by Gasteiger charge is -2.15. The molecule has 0 aliphatic carbocycles. The van der Waals surface area contributed by atoms with Crippen LogP contribution in [-0.2, 0) is 53.9 Å². The Bertz CT molecular complexity index is 2570. The largest absolute Gasteiger partial charge is 0.372 e. The third kappa shape index (κ3) is 7.14. The highest BCUT2D eigenvalue weighted by atomic mass is 16.5. The third-order valence-corrected chi connectivity index (χ3v) is 11.3. The fraction of sp³-hybridized carbons (Fsp3) is 0.111. The average molecular weight is 739 g/mol. The second-order valence-electron chi connectivity index (χ2n) is 15.0. The maximum Gasteiger partial charge on any atom is 0.0733 e. The molecule has 0 bridgehead atoms. The van der Waals surface area contributed by atoms with E-state index in [1.807, 2.05) is 0 Å². The van der Waals surface area contributed by atoms with E-state index in [0.717, 1.165) is 16.7 Å². The van der Waals surface area contributed by atoms with Gasteiger partial charge in [-0.05, 0) is 116 Å². The summed E-state index contributed by atoms with van der Waals surface area (Å²) in [5.41, 5.74) is 6.96. The maximum absolute atomic E-state index is 6.59. The molecule has 3 heteroatoms. The number of benzene rings is 10. The number of hydrogen-bond donors (Lipinski definition) is 0. The zero-order chi connectivity index (χ0) is 38.0. The molecule has 276 valence electrons. The van der Waals surface area contributed by atoms with Crippen LogP contribution in [0, 0.1) is 0 Å². The lowest BCUT2D eigenvalue weighted by Crippen LogP contribution is -2.02. The van der Waals surface area contributed by atoms with Crippen molar-refractivity contribution < 1.29 is 14.2 Å². The van der Waals surface area contributed by atoms with Gasteiger partial charge in [0.15, 0.2) is 0 Å². The van der Waals surface area contributed by atoms with E-state index in [2.05, 4.69) is 182 Å². The third-order valence-electron chi connectivity index (χ3n) is 11.3. The summed E-state index contributed by atoms with van der Waals surface area (Å²) < 4.78 is 19.8. The predicted molar refractivity (Wildman–Crippen MR) is 236 cm³/mol. The molecule has 3 nitrogen and oxygen atoms in total. The Morgan fingerprint density at radius 1 is 0.228 bits per heavy atom. The number of rotatable bonds is 12.